The SMILES string of the molecule is CCN1/C(=C/C=C/C=C/C2=[N+](CCCCCC(=O)NCCCC[C@H](NC(=O)CNC(=O)[C@@H](N)CS)C(=O)NCC(=O)NC(C)c3cc(OC)c(OCCCC(=O)NCCOCCOC)cc3[N+](=O)[O-])c3ccc(S(=O)(=O)O)cc3C2(C)C)C(C)(C)c2cc(S(=O)(=O)O)ccc21. The molecule has 0 aliphatic carbocycles. The average Bonchev–Trinajstić information content (AvgIpc) is 1.59. The molecular weight excluding hydrogens is 1290 g/mol. The number of likely N-dealkylation sites (N-methyl/N-ethyl adjacent to an activating group) is 1. The molecule has 2 aliphatic rings. The van der Waals surface area contributed by atoms with Crippen molar-refractivity contribution in [3.63, 3.8) is 0 Å². The highest BCUT2D eigenvalue weighted by molar-refractivity contribution is 7.86. The fourth-order valence-corrected chi connectivity index (χ4v) is 12.2. The number of nitro groups is 1. The lowest BCUT2D eigenvalue weighted by molar-refractivity contribution is -0.438. The molecule has 0 fully saturated rings. The Hall–Kier alpha value is -7.78. The minimum atomic E-state index is -4.51. The maximum Gasteiger partial charge on any atom is 0.294 e. The molecule has 3 atom stereocenters. The van der Waals surface area contributed by atoms with Crippen LogP contribution >= 0.6 is 12.6 Å². The minimum absolute atomic E-state index is 0.0111. The first-order valence-corrected chi connectivity index (χ1v) is 34.7. The van der Waals surface area contributed by atoms with Gasteiger partial charge in [0, 0.05) is 86.3 Å². The van der Waals surface area contributed by atoms with E-state index in [1.807, 2.05) is 65.0 Å². The van der Waals surface area contributed by atoms with Gasteiger partial charge in [0.1, 0.15) is 12.6 Å². The van der Waals surface area contributed by atoms with Crippen LogP contribution in [0.15, 0.2) is 94.4 Å². The number of nitro benzene ring substituents is 1. The lowest BCUT2D eigenvalue weighted by atomic mass is 9.81. The number of hydrogen-bond acceptors (Lipinski definition) is 19. The van der Waals surface area contributed by atoms with E-state index in [1.165, 1.54) is 44.4 Å². The number of rotatable bonds is 40. The average molecular weight is 1380 g/mol. The smallest absolute Gasteiger partial charge is 0.294 e. The minimum Gasteiger partial charge on any atom is -0.493 e. The molecule has 0 spiro atoms. The van der Waals surface area contributed by atoms with Gasteiger partial charge in [0.2, 0.25) is 41.1 Å². The van der Waals surface area contributed by atoms with Crippen molar-refractivity contribution in [3.05, 3.63) is 111 Å². The van der Waals surface area contributed by atoms with Crippen LogP contribution in [0.1, 0.15) is 122 Å². The van der Waals surface area contributed by atoms with Gasteiger partial charge in [-0.1, -0.05) is 32.1 Å². The number of carbonyl (C=O) groups excluding carboxylic acids is 6. The molecule has 1 unspecified atom stereocenters. The van der Waals surface area contributed by atoms with Crippen molar-refractivity contribution in [2.45, 2.75) is 138 Å². The number of nitrogens with two attached hydrogens (primary N) is 1. The monoisotopic (exact) mass is 1380 g/mol. The van der Waals surface area contributed by atoms with E-state index in [0.717, 1.165) is 34.4 Å². The van der Waals surface area contributed by atoms with Crippen LogP contribution in [0.25, 0.3) is 0 Å². The molecule has 2 aliphatic heterocycles. The predicted octanol–water partition coefficient (Wildman–Crippen LogP) is 4.92. The molecule has 0 saturated carbocycles. The van der Waals surface area contributed by atoms with Gasteiger partial charge in [-0.3, -0.25) is 48.0 Å². The number of anilines is 1. The standard InChI is InChI=1S/C64H90N10O18S3/c1-9-72-50-26-24-43(94(83,84)85)35-46(50)63(3,4)55(72)20-12-10-13-21-56-64(5,6)47-36-44(95(86,87)88)25-27-51(47)73(56)30-17-11-14-22-57(75)66-28-16-15-19-49(71-60(78)40-68-61(79)48(65)41-93)62(80)69-39-59(77)70-42(2)45-37-53(90-8)54(38-52(45)74(81)82)92-31-18-23-58(76)67-29-32-91-34-33-89-7/h10,12-13,20-21,24-27,35-38,42,48-49H,9,11,14-19,22-23,28-34,39-41,65H2,1-8H3,(H8-,66,67,68,69,70,71,75,76,77,78,79,80,83,84,85,86,87,88,93)/p+1/t42?,48-,49-/m0/s1. The van der Waals surface area contributed by atoms with Crippen molar-refractivity contribution in [1.82, 2.24) is 31.9 Å². The molecule has 31 heteroatoms. The summed E-state index contributed by atoms with van der Waals surface area (Å²) < 4.78 is 91.8. The van der Waals surface area contributed by atoms with E-state index in [1.54, 1.807) is 19.2 Å². The van der Waals surface area contributed by atoms with Crippen LogP contribution in [0, 0.1) is 10.1 Å². The number of methoxy groups -OCH3 is 2. The van der Waals surface area contributed by atoms with E-state index in [0.29, 0.717) is 77.1 Å². The van der Waals surface area contributed by atoms with Gasteiger partial charge in [0.25, 0.3) is 25.9 Å². The maximum absolute atomic E-state index is 13.6. The van der Waals surface area contributed by atoms with Crippen molar-refractivity contribution in [1.29, 1.82) is 0 Å². The number of allylic oxidation sites excluding steroid dienone is 6. The molecule has 0 saturated heterocycles. The van der Waals surface area contributed by atoms with Gasteiger partial charge in [-0.2, -0.15) is 34.0 Å². The summed E-state index contributed by atoms with van der Waals surface area (Å²) in [5, 5.41) is 28.0. The zero-order valence-electron chi connectivity index (χ0n) is 55.0. The summed E-state index contributed by atoms with van der Waals surface area (Å²) in [5.41, 5.74) is 8.91. The quantitative estimate of drug-likeness (QED) is 0.00686. The summed E-state index contributed by atoms with van der Waals surface area (Å²) in [6.07, 6.45) is 12.7. The highest BCUT2D eigenvalue weighted by Gasteiger charge is 2.45. The number of fused-ring (bicyclic) bond motifs is 2. The van der Waals surface area contributed by atoms with Crippen molar-refractivity contribution in [2.75, 3.05) is 90.6 Å². The summed E-state index contributed by atoms with van der Waals surface area (Å²) in [6.45, 7) is 13.1. The number of nitrogens with zero attached hydrogens (tertiary/aromatic N) is 3. The normalized spacial score (nSPS) is 15.5. The van der Waals surface area contributed by atoms with E-state index in [9.17, 15) is 64.8 Å². The number of ether oxygens (including phenoxy) is 4. The number of nitrogens with one attached hydrogen (secondary N) is 6. The molecule has 2 heterocycles. The summed E-state index contributed by atoms with van der Waals surface area (Å²) in [5.74, 6) is -3.13. The van der Waals surface area contributed by atoms with Crippen LogP contribution < -0.4 is 52.0 Å². The Morgan fingerprint density at radius 2 is 1.37 bits per heavy atom. The molecule has 6 amide bonds. The third-order valence-electron chi connectivity index (χ3n) is 16.1. The van der Waals surface area contributed by atoms with Crippen LogP contribution in [0.4, 0.5) is 17.1 Å². The second-order valence-electron chi connectivity index (χ2n) is 23.7. The molecule has 3 aromatic rings. The molecule has 5 rings (SSSR count). The van der Waals surface area contributed by atoms with Crippen LogP contribution in [0.2, 0.25) is 0 Å². The van der Waals surface area contributed by atoms with Gasteiger partial charge >= 0.3 is 0 Å². The van der Waals surface area contributed by atoms with Gasteiger partial charge in [-0.15, -0.1) is 0 Å². The Kier molecular flexibility index (Phi) is 29.8. The molecule has 3 aromatic carbocycles. The van der Waals surface area contributed by atoms with Crippen molar-refractivity contribution < 1.29 is 83.2 Å². The second kappa shape index (κ2) is 36.4. The number of thiol groups is 1. The fourth-order valence-electron chi connectivity index (χ4n) is 11.0. The summed E-state index contributed by atoms with van der Waals surface area (Å²) >= 11 is 4.00. The number of benzene rings is 3. The molecule has 522 valence electrons. The zero-order valence-corrected chi connectivity index (χ0v) is 57.5. The van der Waals surface area contributed by atoms with Gasteiger partial charge in [-0.05, 0) is 114 Å². The van der Waals surface area contributed by atoms with Crippen LogP contribution in [-0.4, -0.2) is 174 Å². The first kappa shape index (κ1) is 77.9. The first-order chi connectivity index (χ1) is 44.9. The van der Waals surface area contributed by atoms with E-state index in [4.69, 9.17) is 24.7 Å². The largest absolute Gasteiger partial charge is 0.493 e. The van der Waals surface area contributed by atoms with Crippen molar-refractivity contribution in [3.8, 4) is 11.5 Å². The Morgan fingerprint density at radius 3 is 2.01 bits per heavy atom. The maximum atomic E-state index is 13.6. The Morgan fingerprint density at radius 1 is 0.726 bits per heavy atom. The summed E-state index contributed by atoms with van der Waals surface area (Å²) in [7, 11) is -6.04. The van der Waals surface area contributed by atoms with E-state index >= 15 is 0 Å². The zero-order chi connectivity index (χ0) is 70.3. The number of unbranched alkanes of at least 4 members (excludes halogenated alkanes) is 3. The van der Waals surface area contributed by atoms with Gasteiger partial charge < -0.3 is 61.5 Å². The Bertz CT molecular complexity index is 3610. The number of amides is 6. The van der Waals surface area contributed by atoms with E-state index in [2.05, 4.69) is 54.0 Å². The highest BCUT2D eigenvalue weighted by atomic mass is 32.2. The van der Waals surface area contributed by atoms with Crippen molar-refractivity contribution in [2.24, 2.45) is 5.73 Å². The molecule has 0 aromatic heterocycles. The fraction of sp³-hybridized carbons (Fsp3) is 0.516. The van der Waals surface area contributed by atoms with Crippen molar-refractivity contribution >= 4 is 91.1 Å². The van der Waals surface area contributed by atoms with E-state index in [-0.39, 0.29) is 83.3 Å². The molecule has 0 bridgehead atoms. The first-order valence-electron chi connectivity index (χ1n) is 31.2. The molecular formula is C64H91N10O18S3+. The summed E-state index contributed by atoms with van der Waals surface area (Å²) in [4.78, 5) is 90.8. The summed E-state index contributed by atoms with van der Waals surface area (Å²) in [6, 6.07) is 8.41. The lowest BCUT2D eigenvalue weighted by Crippen LogP contribution is -2.52. The molecule has 95 heavy (non-hydrogen) atoms. The van der Waals surface area contributed by atoms with Gasteiger partial charge in [0.15, 0.2) is 17.2 Å². The van der Waals surface area contributed by atoms with Gasteiger partial charge in [-0.25, -0.2) is 0 Å². The molecule has 0 radical (unpaired) electrons. The van der Waals surface area contributed by atoms with Gasteiger partial charge in [0.05, 0.1) is 90.5 Å². The lowest BCUT2D eigenvalue weighted by Gasteiger charge is -2.25. The second-order valence-corrected chi connectivity index (χ2v) is 26.9. The molecule has 28 nitrogen and oxygen atoms in total. The predicted molar refractivity (Wildman–Crippen MR) is 359 cm³/mol. The third-order valence-corrected chi connectivity index (χ3v) is 18.2. The Labute approximate surface area is 560 Å². The molecule has 10 N–H and O–H groups in total. The number of hydrogen-bond donors (Lipinski definition) is 10. The van der Waals surface area contributed by atoms with Crippen LogP contribution in [-0.2, 0) is 69.3 Å². The topological polar surface area (TPSA) is 396 Å². The number of carbonyl (C=O) groups is 6. The van der Waals surface area contributed by atoms with Crippen LogP contribution in [0.3, 0.4) is 0 Å². The van der Waals surface area contributed by atoms with E-state index < -0.39 is 96.5 Å². The highest BCUT2D eigenvalue weighted by Crippen LogP contribution is 2.48. The Balaban J connectivity index is 1.14. The third kappa shape index (κ3) is 22.4. The van der Waals surface area contributed by atoms with Crippen LogP contribution in [0.5, 0.6) is 11.5 Å².